The standard InChI is InChI=1S/C24H26N2O/c1-5-6-7-16-24(17-21-12-8-18(2)9-13-21)20(4)25-26(23(24)27)22-14-10-19(3)11-15-22/h5-15H,1,16-17H2,2-4H3/b7-6+/t24-/m1/s1. The lowest BCUT2D eigenvalue weighted by molar-refractivity contribution is -0.123. The van der Waals surface area contributed by atoms with Crippen molar-refractivity contribution in [1.82, 2.24) is 0 Å². The highest BCUT2D eigenvalue weighted by molar-refractivity contribution is 6.18. The van der Waals surface area contributed by atoms with Crippen LogP contribution < -0.4 is 5.01 Å². The molecule has 27 heavy (non-hydrogen) atoms. The fourth-order valence-corrected chi connectivity index (χ4v) is 3.44. The van der Waals surface area contributed by atoms with Gasteiger partial charge in [0.2, 0.25) is 0 Å². The Kier molecular flexibility index (Phi) is 5.41. The number of hydrazone groups is 1. The van der Waals surface area contributed by atoms with Crippen LogP contribution >= 0.6 is 0 Å². The highest BCUT2D eigenvalue weighted by Gasteiger charge is 2.48. The van der Waals surface area contributed by atoms with E-state index in [1.54, 1.807) is 11.1 Å². The lowest BCUT2D eigenvalue weighted by atomic mass is 9.74. The van der Waals surface area contributed by atoms with E-state index in [4.69, 9.17) is 0 Å². The molecule has 0 saturated heterocycles. The van der Waals surface area contributed by atoms with Gasteiger partial charge in [0.05, 0.1) is 16.8 Å². The topological polar surface area (TPSA) is 32.7 Å². The Morgan fingerprint density at radius 2 is 1.59 bits per heavy atom. The third kappa shape index (κ3) is 3.77. The zero-order valence-corrected chi connectivity index (χ0v) is 16.3. The van der Waals surface area contributed by atoms with Crippen LogP contribution in [0.4, 0.5) is 5.69 Å². The minimum absolute atomic E-state index is 0.0261. The fraction of sp³-hybridized carbons (Fsp3) is 0.250. The maximum Gasteiger partial charge on any atom is 0.260 e. The second-order valence-electron chi connectivity index (χ2n) is 7.25. The van der Waals surface area contributed by atoms with Crippen LogP contribution in [0.2, 0.25) is 0 Å². The molecule has 2 aromatic rings. The zero-order chi connectivity index (χ0) is 19.4. The quantitative estimate of drug-likeness (QED) is 0.638. The molecule has 0 radical (unpaired) electrons. The van der Waals surface area contributed by atoms with Crippen LogP contribution in [0.15, 0.2) is 78.4 Å². The van der Waals surface area contributed by atoms with E-state index in [1.807, 2.05) is 50.3 Å². The van der Waals surface area contributed by atoms with Crippen LogP contribution in [0, 0.1) is 19.3 Å². The highest BCUT2D eigenvalue weighted by Crippen LogP contribution is 2.39. The number of anilines is 1. The first-order valence-corrected chi connectivity index (χ1v) is 9.26. The summed E-state index contributed by atoms with van der Waals surface area (Å²) in [5, 5.41) is 6.22. The molecule has 0 N–H and O–H groups in total. The molecule has 138 valence electrons. The Morgan fingerprint density at radius 3 is 2.19 bits per heavy atom. The lowest BCUT2D eigenvalue weighted by Crippen LogP contribution is -2.40. The molecule has 0 aliphatic carbocycles. The molecular formula is C24H26N2O. The Bertz CT molecular complexity index is 891. The van der Waals surface area contributed by atoms with Gasteiger partial charge in [-0.3, -0.25) is 4.79 Å². The van der Waals surface area contributed by atoms with Crippen LogP contribution in [0.1, 0.15) is 30.0 Å². The van der Waals surface area contributed by atoms with Crippen LogP contribution in [-0.2, 0) is 11.2 Å². The van der Waals surface area contributed by atoms with Gasteiger partial charge in [-0.2, -0.15) is 10.1 Å². The summed E-state index contributed by atoms with van der Waals surface area (Å²) < 4.78 is 0. The number of carbonyl (C=O) groups excluding carboxylic acids is 1. The molecule has 0 fully saturated rings. The molecule has 3 heteroatoms. The van der Waals surface area contributed by atoms with Crippen LogP contribution in [0.3, 0.4) is 0 Å². The first-order valence-electron chi connectivity index (χ1n) is 9.26. The summed E-state index contributed by atoms with van der Waals surface area (Å²) in [6.45, 7) is 9.80. The van der Waals surface area contributed by atoms with Crippen molar-refractivity contribution in [3.8, 4) is 0 Å². The molecule has 2 aromatic carbocycles. The SMILES string of the molecule is C=C/C=C/C[C@]1(Cc2ccc(C)cc2)C(=O)N(c2ccc(C)cc2)N=C1C. The van der Waals surface area contributed by atoms with Gasteiger partial charge in [-0.05, 0) is 51.3 Å². The third-order valence-electron chi connectivity index (χ3n) is 5.19. The van der Waals surface area contributed by atoms with Crippen molar-refractivity contribution >= 4 is 17.3 Å². The predicted molar refractivity (Wildman–Crippen MR) is 113 cm³/mol. The number of allylic oxidation sites excluding steroid dienone is 3. The van der Waals surface area contributed by atoms with Gasteiger partial charge >= 0.3 is 0 Å². The van der Waals surface area contributed by atoms with E-state index in [0.717, 1.165) is 22.5 Å². The summed E-state index contributed by atoms with van der Waals surface area (Å²) in [6, 6.07) is 16.3. The summed E-state index contributed by atoms with van der Waals surface area (Å²) in [5.41, 5.74) is 4.50. The summed E-state index contributed by atoms with van der Waals surface area (Å²) >= 11 is 0. The number of nitrogens with zero attached hydrogens (tertiary/aromatic N) is 2. The largest absolute Gasteiger partial charge is 0.271 e. The maximum atomic E-state index is 13.5. The molecule has 1 atom stereocenters. The minimum Gasteiger partial charge on any atom is -0.271 e. The Hall–Kier alpha value is -2.94. The fourth-order valence-electron chi connectivity index (χ4n) is 3.44. The number of rotatable bonds is 6. The van der Waals surface area contributed by atoms with Crippen LogP contribution in [0.25, 0.3) is 0 Å². The summed E-state index contributed by atoms with van der Waals surface area (Å²) in [7, 11) is 0. The molecule has 3 rings (SSSR count). The van der Waals surface area contributed by atoms with Crippen molar-refractivity contribution in [1.29, 1.82) is 0 Å². The Balaban J connectivity index is 1.98. The number of benzene rings is 2. The van der Waals surface area contributed by atoms with Crippen LogP contribution in [0.5, 0.6) is 0 Å². The molecule has 0 saturated carbocycles. The first kappa shape index (κ1) is 18.8. The van der Waals surface area contributed by atoms with Crippen molar-refractivity contribution in [2.24, 2.45) is 10.5 Å². The number of carbonyl (C=O) groups is 1. The van der Waals surface area contributed by atoms with Gasteiger partial charge in [0, 0.05) is 0 Å². The van der Waals surface area contributed by atoms with Gasteiger partial charge in [0.15, 0.2) is 0 Å². The smallest absolute Gasteiger partial charge is 0.260 e. The Labute approximate surface area is 161 Å². The van der Waals surface area contributed by atoms with Gasteiger partial charge in [-0.25, -0.2) is 0 Å². The third-order valence-corrected chi connectivity index (χ3v) is 5.19. The van der Waals surface area contributed by atoms with E-state index in [0.29, 0.717) is 12.8 Å². The second-order valence-corrected chi connectivity index (χ2v) is 7.25. The van der Waals surface area contributed by atoms with E-state index in [1.165, 1.54) is 5.56 Å². The second kappa shape index (κ2) is 7.75. The maximum absolute atomic E-state index is 13.5. The molecule has 1 aliphatic rings. The number of hydrogen-bond acceptors (Lipinski definition) is 2. The molecule has 0 spiro atoms. The van der Waals surface area contributed by atoms with E-state index in [2.05, 4.69) is 42.9 Å². The van der Waals surface area contributed by atoms with Gasteiger partial charge in [-0.1, -0.05) is 72.3 Å². The lowest BCUT2D eigenvalue weighted by Gasteiger charge is -2.27. The van der Waals surface area contributed by atoms with Crippen molar-refractivity contribution in [3.63, 3.8) is 0 Å². The van der Waals surface area contributed by atoms with Crippen molar-refractivity contribution in [2.45, 2.75) is 33.6 Å². The summed E-state index contributed by atoms with van der Waals surface area (Å²) in [6.07, 6.45) is 6.88. The van der Waals surface area contributed by atoms with E-state index >= 15 is 0 Å². The van der Waals surface area contributed by atoms with E-state index in [9.17, 15) is 4.79 Å². The number of aryl methyl sites for hydroxylation is 2. The number of amides is 1. The molecule has 0 bridgehead atoms. The summed E-state index contributed by atoms with van der Waals surface area (Å²) in [4.78, 5) is 13.5. The highest BCUT2D eigenvalue weighted by atomic mass is 16.2. The molecule has 3 nitrogen and oxygen atoms in total. The van der Waals surface area contributed by atoms with Crippen molar-refractivity contribution in [3.05, 3.63) is 90.0 Å². The average Bonchev–Trinajstić information content (AvgIpc) is 2.90. The monoisotopic (exact) mass is 358 g/mol. The molecule has 1 heterocycles. The van der Waals surface area contributed by atoms with Gasteiger partial charge < -0.3 is 0 Å². The molecule has 1 aliphatic heterocycles. The molecule has 0 aromatic heterocycles. The number of hydrogen-bond donors (Lipinski definition) is 0. The van der Waals surface area contributed by atoms with Crippen molar-refractivity contribution in [2.75, 3.05) is 5.01 Å². The summed E-state index contributed by atoms with van der Waals surface area (Å²) in [5.74, 6) is 0.0261. The molecular weight excluding hydrogens is 332 g/mol. The van der Waals surface area contributed by atoms with Crippen molar-refractivity contribution < 1.29 is 4.79 Å². The zero-order valence-electron chi connectivity index (χ0n) is 16.3. The Morgan fingerprint density at radius 1 is 1.00 bits per heavy atom. The average molecular weight is 358 g/mol. The van der Waals surface area contributed by atoms with E-state index < -0.39 is 5.41 Å². The van der Waals surface area contributed by atoms with Gasteiger partial charge in [-0.15, -0.1) is 0 Å². The predicted octanol–water partition coefficient (Wildman–Crippen LogP) is 5.39. The molecule has 1 amide bonds. The molecule has 0 unspecified atom stereocenters. The van der Waals surface area contributed by atoms with Crippen LogP contribution in [-0.4, -0.2) is 11.6 Å². The van der Waals surface area contributed by atoms with Gasteiger partial charge in [0.25, 0.3) is 5.91 Å². The minimum atomic E-state index is -0.667. The normalized spacial score (nSPS) is 19.6. The van der Waals surface area contributed by atoms with E-state index in [-0.39, 0.29) is 5.91 Å². The van der Waals surface area contributed by atoms with Gasteiger partial charge in [0.1, 0.15) is 0 Å². The first-order chi connectivity index (χ1) is 13.0.